The van der Waals surface area contributed by atoms with Gasteiger partial charge in [0, 0.05) is 5.69 Å². The van der Waals surface area contributed by atoms with E-state index in [0.29, 0.717) is 0 Å². The minimum absolute atomic E-state index is 0.0266. The van der Waals surface area contributed by atoms with E-state index < -0.39 is 11.6 Å². The van der Waals surface area contributed by atoms with Crippen molar-refractivity contribution in [1.29, 1.82) is 0 Å². The van der Waals surface area contributed by atoms with Crippen molar-refractivity contribution in [2.24, 2.45) is 0 Å². The molecular formula is C13H8ClF2N5. The van der Waals surface area contributed by atoms with Crippen LogP contribution in [0.5, 0.6) is 0 Å². The van der Waals surface area contributed by atoms with Gasteiger partial charge in [-0.3, -0.25) is 0 Å². The molecule has 2 aromatic carbocycles. The van der Waals surface area contributed by atoms with Crippen LogP contribution in [0.3, 0.4) is 0 Å². The van der Waals surface area contributed by atoms with E-state index in [1.54, 1.807) is 6.07 Å². The predicted molar refractivity (Wildman–Crippen MR) is 73.9 cm³/mol. The normalized spacial score (nSPS) is 10.8. The van der Waals surface area contributed by atoms with Gasteiger partial charge in [0.2, 0.25) is 0 Å². The van der Waals surface area contributed by atoms with E-state index >= 15 is 0 Å². The molecule has 0 aliphatic carbocycles. The third kappa shape index (κ3) is 2.31. The fourth-order valence-electron chi connectivity index (χ4n) is 1.89. The number of hydrogen-bond donors (Lipinski definition) is 1. The van der Waals surface area contributed by atoms with Crippen molar-refractivity contribution in [3.8, 4) is 17.1 Å². The topological polar surface area (TPSA) is 69.6 Å². The van der Waals surface area contributed by atoms with Crippen LogP contribution < -0.4 is 5.73 Å². The molecule has 3 rings (SSSR count). The maximum atomic E-state index is 14.1. The standard InChI is InChI=1S/C13H8ClF2N5/c14-9-2-1-3-11(12(9)16)21-13(18-19-20-21)8-5-4-7(17)6-10(8)15/h1-6H,17H2. The molecule has 0 radical (unpaired) electrons. The van der Waals surface area contributed by atoms with Crippen LogP contribution in [-0.4, -0.2) is 20.2 Å². The zero-order valence-corrected chi connectivity index (χ0v) is 11.2. The number of tetrazole rings is 1. The summed E-state index contributed by atoms with van der Waals surface area (Å²) in [6.45, 7) is 0. The number of nitrogen functional groups attached to an aromatic ring is 1. The number of halogens is 3. The molecule has 3 aromatic rings. The molecule has 0 atom stereocenters. The van der Waals surface area contributed by atoms with E-state index in [1.165, 1.54) is 24.3 Å². The van der Waals surface area contributed by atoms with Gasteiger partial charge in [-0.15, -0.1) is 5.10 Å². The van der Waals surface area contributed by atoms with E-state index in [9.17, 15) is 8.78 Å². The second-order valence-electron chi connectivity index (χ2n) is 4.23. The van der Waals surface area contributed by atoms with Gasteiger partial charge in [0.15, 0.2) is 11.6 Å². The molecule has 0 spiro atoms. The molecule has 0 saturated carbocycles. The Morgan fingerprint density at radius 1 is 1.14 bits per heavy atom. The minimum Gasteiger partial charge on any atom is -0.399 e. The molecule has 8 heteroatoms. The Morgan fingerprint density at radius 3 is 2.71 bits per heavy atom. The summed E-state index contributed by atoms with van der Waals surface area (Å²) in [5, 5.41) is 10.8. The number of aromatic nitrogens is 4. The Balaban J connectivity index is 2.20. The average molecular weight is 308 g/mol. The van der Waals surface area contributed by atoms with E-state index in [1.807, 2.05) is 0 Å². The molecule has 0 fully saturated rings. The van der Waals surface area contributed by atoms with Crippen molar-refractivity contribution in [2.75, 3.05) is 5.73 Å². The summed E-state index contributed by atoms with van der Waals surface area (Å²) in [5.41, 5.74) is 5.90. The van der Waals surface area contributed by atoms with E-state index in [2.05, 4.69) is 15.5 Å². The van der Waals surface area contributed by atoms with Gasteiger partial charge in [-0.1, -0.05) is 17.7 Å². The first-order chi connectivity index (χ1) is 10.1. The fraction of sp³-hybridized carbons (Fsp3) is 0. The largest absolute Gasteiger partial charge is 0.399 e. The lowest BCUT2D eigenvalue weighted by atomic mass is 10.1. The summed E-state index contributed by atoms with van der Waals surface area (Å²) >= 11 is 5.73. The summed E-state index contributed by atoms with van der Waals surface area (Å²) in [7, 11) is 0. The van der Waals surface area contributed by atoms with E-state index in [0.717, 1.165) is 10.7 Å². The Morgan fingerprint density at radius 2 is 1.95 bits per heavy atom. The van der Waals surface area contributed by atoms with Gasteiger partial charge in [0.05, 0.1) is 10.6 Å². The molecule has 1 heterocycles. The van der Waals surface area contributed by atoms with Gasteiger partial charge in [-0.25, -0.2) is 8.78 Å². The highest BCUT2D eigenvalue weighted by atomic mass is 35.5. The molecule has 0 saturated heterocycles. The van der Waals surface area contributed by atoms with Crippen LogP contribution in [0, 0.1) is 11.6 Å². The number of hydrogen-bond acceptors (Lipinski definition) is 4. The van der Waals surface area contributed by atoms with Crippen LogP contribution in [0.25, 0.3) is 17.1 Å². The van der Waals surface area contributed by atoms with Crippen LogP contribution in [0.4, 0.5) is 14.5 Å². The minimum atomic E-state index is -0.691. The van der Waals surface area contributed by atoms with Crippen molar-refractivity contribution in [2.45, 2.75) is 0 Å². The lowest BCUT2D eigenvalue weighted by molar-refractivity contribution is 0.606. The van der Waals surface area contributed by atoms with E-state index in [4.69, 9.17) is 17.3 Å². The van der Waals surface area contributed by atoms with Crippen molar-refractivity contribution >= 4 is 17.3 Å². The SMILES string of the molecule is Nc1ccc(-c2nnnn2-c2cccc(Cl)c2F)c(F)c1. The van der Waals surface area contributed by atoms with Gasteiger partial charge in [-0.2, -0.15) is 4.68 Å². The predicted octanol–water partition coefficient (Wildman–Crippen LogP) is 2.84. The van der Waals surface area contributed by atoms with Crippen molar-refractivity contribution < 1.29 is 8.78 Å². The highest BCUT2D eigenvalue weighted by molar-refractivity contribution is 6.30. The van der Waals surface area contributed by atoms with Gasteiger partial charge in [0.1, 0.15) is 11.5 Å². The van der Waals surface area contributed by atoms with Crippen LogP contribution >= 0.6 is 11.6 Å². The maximum Gasteiger partial charge on any atom is 0.190 e. The molecule has 2 N–H and O–H groups in total. The Hall–Kier alpha value is -2.54. The molecule has 106 valence electrons. The Kier molecular flexibility index (Phi) is 3.26. The van der Waals surface area contributed by atoms with E-state index in [-0.39, 0.29) is 27.8 Å². The van der Waals surface area contributed by atoms with Gasteiger partial charge < -0.3 is 5.73 Å². The van der Waals surface area contributed by atoms with Crippen molar-refractivity contribution in [1.82, 2.24) is 20.2 Å². The van der Waals surface area contributed by atoms with Crippen molar-refractivity contribution in [3.05, 3.63) is 53.1 Å². The second kappa shape index (κ2) is 5.10. The zero-order chi connectivity index (χ0) is 15.0. The number of nitrogens with zero attached hydrogens (tertiary/aromatic N) is 4. The molecule has 0 amide bonds. The number of anilines is 1. The summed E-state index contributed by atoms with van der Waals surface area (Å²) in [6, 6.07) is 8.46. The summed E-state index contributed by atoms with van der Waals surface area (Å²) in [6.07, 6.45) is 0. The van der Waals surface area contributed by atoms with Crippen molar-refractivity contribution in [3.63, 3.8) is 0 Å². The average Bonchev–Trinajstić information content (AvgIpc) is 2.91. The molecule has 0 aliphatic rings. The molecule has 1 aromatic heterocycles. The Labute approximate surface area is 123 Å². The summed E-state index contributed by atoms with van der Waals surface area (Å²) in [4.78, 5) is 0. The fourth-order valence-corrected chi connectivity index (χ4v) is 2.06. The highest BCUT2D eigenvalue weighted by Gasteiger charge is 2.18. The maximum absolute atomic E-state index is 14.1. The number of rotatable bonds is 2. The van der Waals surface area contributed by atoms with Crippen LogP contribution in [0.1, 0.15) is 0 Å². The first-order valence-electron chi connectivity index (χ1n) is 5.86. The molecule has 0 aliphatic heterocycles. The monoisotopic (exact) mass is 307 g/mol. The smallest absolute Gasteiger partial charge is 0.190 e. The Bertz CT molecular complexity index is 818. The second-order valence-corrected chi connectivity index (χ2v) is 4.63. The highest BCUT2D eigenvalue weighted by Crippen LogP contribution is 2.27. The van der Waals surface area contributed by atoms with Crippen LogP contribution in [-0.2, 0) is 0 Å². The van der Waals surface area contributed by atoms with Crippen LogP contribution in [0.15, 0.2) is 36.4 Å². The molecule has 21 heavy (non-hydrogen) atoms. The third-order valence-corrected chi connectivity index (χ3v) is 3.15. The molecular weight excluding hydrogens is 300 g/mol. The van der Waals surface area contributed by atoms with Gasteiger partial charge >= 0.3 is 0 Å². The zero-order valence-electron chi connectivity index (χ0n) is 10.5. The number of nitrogens with two attached hydrogens (primary N) is 1. The quantitative estimate of drug-likeness (QED) is 0.739. The van der Waals surface area contributed by atoms with Crippen LogP contribution in [0.2, 0.25) is 5.02 Å². The third-order valence-electron chi connectivity index (χ3n) is 2.86. The van der Waals surface area contributed by atoms with Gasteiger partial charge in [0.25, 0.3) is 0 Å². The first kappa shape index (κ1) is 13.4. The molecule has 0 bridgehead atoms. The lowest BCUT2D eigenvalue weighted by Crippen LogP contribution is -2.04. The first-order valence-corrected chi connectivity index (χ1v) is 6.24. The van der Waals surface area contributed by atoms with Gasteiger partial charge in [-0.05, 0) is 40.8 Å². The molecule has 0 unspecified atom stereocenters. The molecule has 5 nitrogen and oxygen atoms in total. The lowest BCUT2D eigenvalue weighted by Gasteiger charge is -2.07. The number of benzene rings is 2. The summed E-state index contributed by atoms with van der Waals surface area (Å²) < 4.78 is 29.1. The summed E-state index contributed by atoms with van der Waals surface area (Å²) in [5.74, 6) is -1.24.